The number of benzene rings is 1. The molecule has 1 aromatic carbocycles. The topological polar surface area (TPSA) is 62.3 Å². The van der Waals surface area contributed by atoms with E-state index < -0.39 is 0 Å². The summed E-state index contributed by atoms with van der Waals surface area (Å²) in [7, 11) is 1.46. The molecule has 5 heteroatoms. The van der Waals surface area contributed by atoms with Gasteiger partial charge in [-0.15, -0.1) is 0 Å². The highest BCUT2D eigenvalue weighted by atomic mass is 19.1. The van der Waals surface area contributed by atoms with Crippen molar-refractivity contribution in [2.45, 2.75) is 19.4 Å². The number of nitrogens with zero attached hydrogens (tertiary/aromatic N) is 1. The molecule has 1 aliphatic rings. The van der Waals surface area contributed by atoms with Crippen molar-refractivity contribution in [3.05, 3.63) is 29.6 Å². The lowest BCUT2D eigenvalue weighted by atomic mass is 9.96. The molecular weight excluding hydrogens is 245 g/mol. The largest absolute Gasteiger partial charge is 0.494 e. The Balaban J connectivity index is 2.00. The van der Waals surface area contributed by atoms with Crippen LogP contribution in [0.25, 0.3) is 0 Å². The summed E-state index contributed by atoms with van der Waals surface area (Å²) in [5, 5.41) is 7.52. The van der Waals surface area contributed by atoms with Gasteiger partial charge in [-0.25, -0.2) is 4.39 Å². The lowest BCUT2D eigenvalue weighted by Crippen LogP contribution is -2.40. The molecule has 1 aromatic rings. The van der Waals surface area contributed by atoms with Crippen molar-refractivity contribution < 1.29 is 9.13 Å². The van der Waals surface area contributed by atoms with Crippen LogP contribution in [0.3, 0.4) is 0 Å². The Labute approximate surface area is 112 Å². The van der Waals surface area contributed by atoms with Gasteiger partial charge in [-0.2, -0.15) is 0 Å². The van der Waals surface area contributed by atoms with Crippen LogP contribution in [0.4, 0.5) is 4.39 Å². The molecule has 104 valence electrons. The van der Waals surface area contributed by atoms with Gasteiger partial charge in [-0.3, -0.25) is 10.3 Å². The maximum absolute atomic E-state index is 13.6. The standard InChI is InChI=1S/C14H20FN3O/c1-19-13-5-4-10(7-12(13)15)8-18-6-2-3-11(9-18)14(16)17/h4-5,7,11H,2-3,6,8-9H2,1H3,(H3,16,17). The van der Waals surface area contributed by atoms with E-state index in [-0.39, 0.29) is 23.3 Å². The van der Waals surface area contributed by atoms with Gasteiger partial charge in [0, 0.05) is 19.0 Å². The van der Waals surface area contributed by atoms with Crippen LogP contribution in [0.15, 0.2) is 18.2 Å². The van der Waals surface area contributed by atoms with Crippen molar-refractivity contribution in [1.82, 2.24) is 4.90 Å². The van der Waals surface area contributed by atoms with E-state index in [2.05, 4.69) is 4.90 Å². The number of nitrogens with two attached hydrogens (primary N) is 1. The molecule has 0 bridgehead atoms. The van der Waals surface area contributed by atoms with E-state index in [9.17, 15) is 4.39 Å². The second-order valence-corrected chi connectivity index (χ2v) is 5.00. The van der Waals surface area contributed by atoms with Gasteiger partial charge in [0.05, 0.1) is 12.9 Å². The van der Waals surface area contributed by atoms with Crippen LogP contribution < -0.4 is 10.5 Å². The smallest absolute Gasteiger partial charge is 0.165 e. The molecule has 0 spiro atoms. The molecular formula is C14H20FN3O. The fourth-order valence-corrected chi connectivity index (χ4v) is 2.52. The van der Waals surface area contributed by atoms with Crippen molar-refractivity contribution in [1.29, 1.82) is 5.41 Å². The van der Waals surface area contributed by atoms with Crippen LogP contribution in [0.5, 0.6) is 5.75 Å². The normalized spacial score (nSPS) is 20.2. The zero-order valence-electron chi connectivity index (χ0n) is 11.2. The summed E-state index contributed by atoms with van der Waals surface area (Å²) in [6.07, 6.45) is 2.01. The Kier molecular flexibility index (Phi) is 4.37. The Hall–Kier alpha value is -1.62. The average Bonchev–Trinajstić information content (AvgIpc) is 2.39. The van der Waals surface area contributed by atoms with Crippen LogP contribution in [0, 0.1) is 17.1 Å². The number of ether oxygens (including phenoxy) is 1. The second-order valence-electron chi connectivity index (χ2n) is 5.00. The van der Waals surface area contributed by atoms with Gasteiger partial charge in [-0.1, -0.05) is 6.07 Å². The summed E-state index contributed by atoms with van der Waals surface area (Å²) < 4.78 is 18.5. The highest BCUT2D eigenvalue weighted by Gasteiger charge is 2.22. The van der Waals surface area contributed by atoms with Crippen LogP contribution in [0.1, 0.15) is 18.4 Å². The lowest BCUT2D eigenvalue weighted by Gasteiger charge is -2.32. The zero-order chi connectivity index (χ0) is 13.8. The highest BCUT2D eigenvalue weighted by molar-refractivity contribution is 5.79. The van der Waals surface area contributed by atoms with E-state index in [4.69, 9.17) is 15.9 Å². The minimum absolute atomic E-state index is 0.136. The number of likely N-dealkylation sites (tertiary alicyclic amines) is 1. The molecule has 2 rings (SSSR count). The van der Waals surface area contributed by atoms with Gasteiger partial charge in [0.1, 0.15) is 0 Å². The number of methoxy groups -OCH3 is 1. The van der Waals surface area contributed by atoms with E-state index >= 15 is 0 Å². The molecule has 1 aliphatic heterocycles. The van der Waals surface area contributed by atoms with Gasteiger partial charge in [0.15, 0.2) is 11.6 Å². The van der Waals surface area contributed by atoms with Crippen LogP contribution >= 0.6 is 0 Å². The van der Waals surface area contributed by atoms with Gasteiger partial charge in [0.25, 0.3) is 0 Å². The second kappa shape index (κ2) is 6.02. The number of rotatable bonds is 4. The molecule has 1 saturated heterocycles. The third kappa shape index (κ3) is 3.44. The van der Waals surface area contributed by atoms with E-state index in [1.165, 1.54) is 13.2 Å². The molecule has 0 aromatic heterocycles. The van der Waals surface area contributed by atoms with Gasteiger partial charge >= 0.3 is 0 Å². The molecule has 1 heterocycles. The SMILES string of the molecule is COc1ccc(CN2CCCC(C(=N)N)C2)cc1F. The predicted molar refractivity (Wildman–Crippen MR) is 72.9 cm³/mol. The maximum atomic E-state index is 13.6. The van der Waals surface area contributed by atoms with E-state index in [0.29, 0.717) is 6.54 Å². The third-order valence-electron chi connectivity index (χ3n) is 3.57. The highest BCUT2D eigenvalue weighted by Crippen LogP contribution is 2.21. The first-order valence-electron chi connectivity index (χ1n) is 6.49. The summed E-state index contributed by atoms with van der Waals surface area (Å²) in [5.74, 6) is 0.326. The first-order valence-corrected chi connectivity index (χ1v) is 6.49. The van der Waals surface area contributed by atoms with Crippen molar-refractivity contribution in [3.8, 4) is 5.75 Å². The Bertz CT molecular complexity index is 464. The molecule has 19 heavy (non-hydrogen) atoms. The molecule has 0 aliphatic carbocycles. The molecule has 1 unspecified atom stereocenters. The summed E-state index contributed by atoms with van der Waals surface area (Å²) in [5.41, 5.74) is 6.48. The summed E-state index contributed by atoms with van der Waals surface area (Å²) >= 11 is 0. The van der Waals surface area contributed by atoms with E-state index in [1.807, 2.05) is 6.07 Å². The van der Waals surface area contributed by atoms with Crippen molar-refractivity contribution in [2.24, 2.45) is 11.7 Å². The Morgan fingerprint density at radius 3 is 3.00 bits per heavy atom. The molecule has 0 saturated carbocycles. The Morgan fingerprint density at radius 1 is 1.58 bits per heavy atom. The molecule has 1 fully saturated rings. The van der Waals surface area contributed by atoms with Crippen LogP contribution in [-0.4, -0.2) is 30.9 Å². The van der Waals surface area contributed by atoms with E-state index in [0.717, 1.165) is 31.5 Å². The average molecular weight is 265 g/mol. The number of nitrogens with one attached hydrogen (secondary N) is 1. The molecule has 3 N–H and O–H groups in total. The van der Waals surface area contributed by atoms with E-state index in [1.54, 1.807) is 6.07 Å². The van der Waals surface area contributed by atoms with Crippen molar-refractivity contribution in [2.75, 3.05) is 20.2 Å². The maximum Gasteiger partial charge on any atom is 0.165 e. The van der Waals surface area contributed by atoms with Gasteiger partial charge in [-0.05, 0) is 37.1 Å². The number of hydrogen-bond acceptors (Lipinski definition) is 3. The summed E-state index contributed by atoms with van der Waals surface area (Å²) in [6.45, 7) is 2.44. The Morgan fingerprint density at radius 2 is 2.37 bits per heavy atom. The van der Waals surface area contributed by atoms with Crippen molar-refractivity contribution >= 4 is 5.84 Å². The molecule has 0 radical (unpaired) electrons. The fourth-order valence-electron chi connectivity index (χ4n) is 2.52. The van der Waals surface area contributed by atoms with Crippen LogP contribution in [0.2, 0.25) is 0 Å². The van der Waals surface area contributed by atoms with Gasteiger partial charge < -0.3 is 10.5 Å². The summed E-state index contributed by atoms with van der Waals surface area (Å²) in [4.78, 5) is 2.22. The first kappa shape index (κ1) is 13.8. The predicted octanol–water partition coefficient (Wildman–Crippen LogP) is 1.98. The number of halogens is 1. The summed E-state index contributed by atoms with van der Waals surface area (Å²) in [6, 6.07) is 5.03. The number of piperidine rings is 1. The van der Waals surface area contributed by atoms with Gasteiger partial charge in [0.2, 0.25) is 0 Å². The number of hydrogen-bond donors (Lipinski definition) is 2. The number of amidine groups is 1. The molecule has 1 atom stereocenters. The van der Waals surface area contributed by atoms with Crippen LogP contribution in [-0.2, 0) is 6.54 Å². The van der Waals surface area contributed by atoms with Crippen molar-refractivity contribution in [3.63, 3.8) is 0 Å². The fraction of sp³-hybridized carbons (Fsp3) is 0.500. The first-order chi connectivity index (χ1) is 9.10. The monoisotopic (exact) mass is 265 g/mol. The minimum atomic E-state index is -0.333. The molecule has 4 nitrogen and oxygen atoms in total. The lowest BCUT2D eigenvalue weighted by molar-refractivity contribution is 0.195. The quantitative estimate of drug-likeness (QED) is 0.646. The molecule has 0 amide bonds. The minimum Gasteiger partial charge on any atom is -0.494 e. The zero-order valence-corrected chi connectivity index (χ0v) is 11.2. The third-order valence-corrected chi connectivity index (χ3v) is 3.57.